The molecule has 1 aromatic carbocycles. The summed E-state index contributed by atoms with van der Waals surface area (Å²) in [5, 5.41) is 10.6. The Hall–Kier alpha value is -2.28. The first kappa shape index (κ1) is 12.2. The number of benzene rings is 1. The van der Waals surface area contributed by atoms with Crippen molar-refractivity contribution < 1.29 is 14.5 Å². The van der Waals surface area contributed by atoms with Gasteiger partial charge in [-0.15, -0.1) is 0 Å². The largest absolute Gasteiger partial charge is 0.431 e. The van der Waals surface area contributed by atoms with E-state index in [-0.39, 0.29) is 16.0 Å². The molecule has 7 heteroatoms. The van der Waals surface area contributed by atoms with Crippen LogP contribution < -0.4 is 4.74 Å². The van der Waals surface area contributed by atoms with Crippen LogP contribution in [-0.4, -0.2) is 15.7 Å². The van der Waals surface area contributed by atoms with E-state index in [0.29, 0.717) is 11.3 Å². The van der Waals surface area contributed by atoms with Gasteiger partial charge in [0.2, 0.25) is 0 Å². The predicted octanol–water partition coefficient (Wildman–Crippen LogP) is 3.05. The van der Waals surface area contributed by atoms with E-state index in [2.05, 4.69) is 4.98 Å². The highest BCUT2D eigenvalue weighted by atomic mass is 32.1. The van der Waals surface area contributed by atoms with Crippen LogP contribution in [0.15, 0.2) is 30.5 Å². The first-order chi connectivity index (χ1) is 8.56. The first-order valence-corrected chi connectivity index (χ1v) is 5.77. The lowest BCUT2D eigenvalue weighted by Gasteiger charge is -2.01. The number of aromatic nitrogens is 1. The first-order valence-electron chi connectivity index (χ1n) is 4.95. The van der Waals surface area contributed by atoms with E-state index in [1.165, 1.54) is 6.92 Å². The molecule has 0 bridgehead atoms. The Balaban J connectivity index is 2.13. The molecule has 0 aliphatic carbocycles. The lowest BCUT2D eigenvalue weighted by molar-refractivity contribution is -0.380. The normalized spacial score (nSPS) is 10.1. The Morgan fingerprint density at radius 2 is 2.06 bits per heavy atom. The number of nitrogens with zero attached hydrogens (tertiary/aromatic N) is 2. The van der Waals surface area contributed by atoms with Gasteiger partial charge in [0.15, 0.2) is 5.78 Å². The summed E-state index contributed by atoms with van der Waals surface area (Å²) in [6, 6.07) is 6.48. The minimum absolute atomic E-state index is 0.0357. The van der Waals surface area contributed by atoms with Crippen LogP contribution in [0.3, 0.4) is 0 Å². The number of carbonyl (C=O) groups excluding carboxylic acids is 1. The second kappa shape index (κ2) is 4.92. The van der Waals surface area contributed by atoms with Gasteiger partial charge in [-0.3, -0.25) is 14.9 Å². The molecule has 18 heavy (non-hydrogen) atoms. The molecule has 1 heterocycles. The number of hydrogen-bond donors (Lipinski definition) is 0. The summed E-state index contributed by atoms with van der Waals surface area (Å²) in [7, 11) is 0. The van der Waals surface area contributed by atoms with Gasteiger partial charge in [0.1, 0.15) is 11.9 Å². The van der Waals surface area contributed by atoms with Crippen molar-refractivity contribution in [3.63, 3.8) is 0 Å². The topological polar surface area (TPSA) is 82.3 Å². The summed E-state index contributed by atoms with van der Waals surface area (Å²) in [4.78, 5) is 24.8. The van der Waals surface area contributed by atoms with Crippen molar-refractivity contribution in [1.82, 2.24) is 4.98 Å². The van der Waals surface area contributed by atoms with Crippen LogP contribution in [0, 0.1) is 10.1 Å². The zero-order chi connectivity index (χ0) is 13.1. The van der Waals surface area contributed by atoms with Crippen molar-refractivity contribution >= 4 is 22.1 Å². The van der Waals surface area contributed by atoms with Crippen LogP contribution in [-0.2, 0) is 0 Å². The van der Waals surface area contributed by atoms with Crippen molar-refractivity contribution in [2.45, 2.75) is 6.92 Å². The molecule has 0 aliphatic heterocycles. The van der Waals surface area contributed by atoms with Gasteiger partial charge in [-0.05, 0) is 42.5 Å². The monoisotopic (exact) mass is 264 g/mol. The van der Waals surface area contributed by atoms with Crippen molar-refractivity contribution in [2.24, 2.45) is 0 Å². The molecule has 0 unspecified atom stereocenters. The summed E-state index contributed by atoms with van der Waals surface area (Å²) in [6.07, 6.45) is 1.14. The van der Waals surface area contributed by atoms with Gasteiger partial charge < -0.3 is 4.74 Å². The summed E-state index contributed by atoms with van der Waals surface area (Å²) in [6.45, 7) is 1.47. The molecular formula is C11H8N2O4S. The third-order valence-corrected chi connectivity index (χ3v) is 2.95. The third-order valence-electron chi connectivity index (χ3n) is 2.12. The fraction of sp³-hybridized carbons (Fsp3) is 0.0909. The standard InChI is InChI=1S/C11H8N2O4S/c1-7(14)8-2-4-9(5-3-8)17-11-12-6-10(18-11)13(15)16/h2-6H,1H3. The Bertz CT molecular complexity index is 591. The van der Waals surface area contributed by atoms with E-state index in [4.69, 9.17) is 4.74 Å². The minimum Gasteiger partial charge on any atom is -0.431 e. The summed E-state index contributed by atoms with van der Waals surface area (Å²) < 4.78 is 5.34. The van der Waals surface area contributed by atoms with Crippen LogP contribution in [0.2, 0.25) is 0 Å². The lowest BCUT2D eigenvalue weighted by Crippen LogP contribution is -1.91. The zero-order valence-corrected chi connectivity index (χ0v) is 10.1. The zero-order valence-electron chi connectivity index (χ0n) is 9.32. The molecule has 0 amide bonds. The van der Waals surface area contributed by atoms with Gasteiger partial charge in [-0.1, -0.05) is 0 Å². The van der Waals surface area contributed by atoms with Crippen molar-refractivity contribution in [2.75, 3.05) is 0 Å². The highest BCUT2D eigenvalue weighted by molar-refractivity contribution is 7.16. The Kier molecular flexibility index (Phi) is 3.33. The van der Waals surface area contributed by atoms with E-state index < -0.39 is 4.92 Å². The van der Waals surface area contributed by atoms with E-state index >= 15 is 0 Å². The van der Waals surface area contributed by atoms with Crippen LogP contribution in [0.1, 0.15) is 17.3 Å². The Morgan fingerprint density at radius 3 is 2.56 bits per heavy atom. The van der Waals surface area contributed by atoms with Crippen LogP contribution >= 0.6 is 11.3 Å². The Labute approximate surface area is 106 Å². The molecule has 0 saturated carbocycles. The molecule has 2 rings (SSSR count). The van der Waals surface area contributed by atoms with E-state index in [0.717, 1.165) is 17.5 Å². The maximum absolute atomic E-state index is 11.1. The fourth-order valence-electron chi connectivity index (χ4n) is 1.24. The maximum atomic E-state index is 11.1. The molecule has 0 fully saturated rings. The molecule has 0 atom stereocenters. The number of rotatable bonds is 4. The number of Topliss-reactive ketones (excluding diaryl/α,β-unsaturated/α-hetero) is 1. The van der Waals surface area contributed by atoms with Gasteiger partial charge in [0, 0.05) is 5.56 Å². The molecule has 0 spiro atoms. The van der Waals surface area contributed by atoms with Gasteiger partial charge in [0.05, 0.1) is 4.92 Å². The van der Waals surface area contributed by atoms with Gasteiger partial charge in [0.25, 0.3) is 5.19 Å². The van der Waals surface area contributed by atoms with Crippen molar-refractivity contribution in [1.29, 1.82) is 0 Å². The number of hydrogen-bond acceptors (Lipinski definition) is 6. The van der Waals surface area contributed by atoms with Gasteiger partial charge >= 0.3 is 5.00 Å². The molecule has 6 nitrogen and oxygen atoms in total. The summed E-state index contributed by atoms with van der Waals surface area (Å²) in [5.41, 5.74) is 0.576. The summed E-state index contributed by atoms with van der Waals surface area (Å²) in [5.74, 6) is 0.440. The second-order valence-corrected chi connectivity index (χ2v) is 4.38. The van der Waals surface area contributed by atoms with E-state index in [1.54, 1.807) is 24.3 Å². The quantitative estimate of drug-likeness (QED) is 0.481. The molecule has 0 radical (unpaired) electrons. The number of thiazole rings is 1. The predicted molar refractivity (Wildman–Crippen MR) is 65.3 cm³/mol. The maximum Gasteiger partial charge on any atom is 0.347 e. The third kappa shape index (κ3) is 2.69. The second-order valence-electron chi connectivity index (χ2n) is 3.40. The van der Waals surface area contributed by atoms with Gasteiger partial charge in [-0.25, -0.2) is 4.98 Å². The minimum atomic E-state index is -0.524. The summed E-state index contributed by atoms with van der Waals surface area (Å²) >= 11 is 0.847. The SMILES string of the molecule is CC(=O)c1ccc(Oc2ncc([N+](=O)[O-])s2)cc1. The average molecular weight is 264 g/mol. The fourth-order valence-corrected chi connectivity index (χ4v) is 1.84. The molecule has 92 valence electrons. The molecule has 0 saturated heterocycles. The highest BCUT2D eigenvalue weighted by Crippen LogP contribution is 2.30. The van der Waals surface area contributed by atoms with Crippen LogP contribution in [0.5, 0.6) is 10.9 Å². The molecular weight excluding hydrogens is 256 g/mol. The van der Waals surface area contributed by atoms with Crippen molar-refractivity contribution in [3.05, 3.63) is 46.1 Å². The molecule has 2 aromatic rings. The van der Waals surface area contributed by atoms with Gasteiger partial charge in [-0.2, -0.15) is 0 Å². The molecule has 1 aromatic heterocycles. The molecule has 0 N–H and O–H groups in total. The van der Waals surface area contributed by atoms with E-state index in [9.17, 15) is 14.9 Å². The average Bonchev–Trinajstić information content (AvgIpc) is 2.78. The number of carbonyl (C=O) groups is 1. The Morgan fingerprint density at radius 1 is 1.39 bits per heavy atom. The van der Waals surface area contributed by atoms with Crippen LogP contribution in [0.25, 0.3) is 0 Å². The number of ketones is 1. The van der Waals surface area contributed by atoms with Crippen LogP contribution in [0.4, 0.5) is 5.00 Å². The highest BCUT2D eigenvalue weighted by Gasteiger charge is 2.12. The number of ether oxygens (including phenoxy) is 1. The van der Waals surface area contributed by atoms with Crippen molar-refractivity contribution in [3.8, 4) is 10.9 Å². The lowest BCUT2D eigenvalue weighted by atomic mass is 10.1. The number of nitro groups is 1. The smallest absolute Gasteiger partial charge is 0.347 e. The van der Waals surface area contributed by atoms with E-state index in [1.807, 2.05) is 0 Å². The molecule has 0 aliphatic rings.